The Hall–Kier alpha value is -3.40. The van der Waals surface area contributed by atoms with Gasteiger partial charge in [-0.15, -0.1) is 0 Å². The highest BCUT2D eigenvalue weighted by atomic mass is 16.1. The average Bonchev–Trinajstić information content (AvgIpc) is 3.08. The van der Waals surface area contributed by atoms with Crippen LogP contribution in [0.2, 0.25) is 0 Å². The van der Waals surface area contributed by atoms with Gasteiger partial charge in [0.1, 0.15) is 11.9 Å². The standard InChI is InChI=1S/C24H23N3O/c1-27-21-15-9-8-14-20(21)25-24(27)23(19-12-6-3-7-13-19)26-22(28)17-16-18-10-4-2-5-11-18/h2-15,23H,16-17H2,1H3,(H,26,28). The predicted molar refractivity (Wildman–Crippen MR) is 112 cm³/mol. The fraction of sp³-hybridized carbons (Fsp3) is 0.167. The van der Waals surface area contributed by atoms with Crippen LogP contribution in [0.25, 0.3) is 11.0 Å². The Bertz CT molecular complexity index is 1070. The van der Waals surface area contributed by atoms with Gasteiger partial charge in [-0.2, -0.15) is 0 Å². The Labute approximate surface area is 164 Å². The van der Waals surface area contributed by atoms with Gasteiger partial charge in [-0.25, -0.2) is 4.98 Å². The van der Waals surface area contributed by atoms with Gasteiger partial charge in [0, 0.05) is 13.5 Å². The Morgan fingerprint density at radius 1 is 0.929 bits per heavy atom. The van der Waals surface area contributed by atoms with Crippen LogP contribution in [0.3, 0.4) is 0 Å². The van der Waals surface area contributed by atoms with Gasteiger partial charge in [-0.3, -0.25) is 4.79 Å². The van der Waals surface area contributed by atoms with Crippen LogP contribution < -0.4 is 5.32 Å². The lowest BCUT2D eigenvalue weighted by Gasteiger charge is -2.19. The molecule has 1 atom stereocenters. The summed E-state index contributed by atoms with van der Waals surface area (Å²) in [7, 11) is 2.00. The zero-order chi connectivity index (χ0) is 19.3. The van der Waals surface area contributed by atoms with E-state index in [1.807, 2.05) is 92.0 Å². The number of fused-ring (bicyclic) bond motifs is 1. The van der Waals surface area contributed by atoms with Gasteiger partial charge in [0.25, 0.3) is 0 Å². The van der Waals surface area contributed by atoms with Crippen LogP contribution in [0.4, 0.5) is 0 Å². The average molecular weight is 369 g/mol. The molecule has 0 saturated carbocycles. The number of nitrogens with zero attached hydrogens (tertiary/aromatic N) is 2. The third-order valence-corrected chi connectivity index (χ3v) is 5.00. The second-order valence-electron chi connectivity index (χ2n) is 6.91. The lowest BCUT2D eigenvalue weighted by molar-refractivity contribution is -0.121. The predicted octanol–water partition coefficient (Wildman–Crippen LogP) is 4.41. The number of nitrogens with one attached hydrogen (secondary N) is 1. The Kier molecular flexibility index (Phi) is 5.20. The Morgan fingerprint density at radius 2 is 1.57 bits per heavy atom. The van der Waals surface area contributed by atoms with Crippen molar-refractivity contribution in [3.63, 3.8) is 0 Å². The quantitative estimate of drug-likeness (QED) is 0.547. The van der Waals surface area contributed by atoms with E-state index in [1.165, 1.54) is 0 Å². The van der Waals surface area contributed by atoms with Crippen LogP contribution in [-0.2, 0) is 18.3 Å². The fourth-order valence-electron chi connectivity index (χ4n) is 3.50. The summed E-state index contributed by atoms with van der Waals surface area (Å²) in [5.41, 5.74) is 4.17. The normalized spacial score (nSPS) is 12.0. The molecule has 3 aromatic carbocycles. The molecule has 28 heavy (non-hydrogen) atoms. The van der Waals surface area contributed by atoms with Crippen LogP contribution in [0.5, 0.6) is 0 Å². The minimum absolute atomic E-state index is 0.0183. The lowest BCUT2D eigenvalue weighted by atomic mass is 10.1. The third kappa shape index (κ3) is 3.81. The highest BCUT2D eigenvalue weighted by Gasteiger charge is 2.22. The van der Waals surface area contributed by atoms with Crippen LogP contribution >= 0.6 is 0 Å². The molecular formula is C24H23N3O. The molecule has 0 fully saturated rings. The number of benzene rings is 3. The maximum Gasteiger partial charge on any atom is 0.221 e. The molecule has 1 N–H and O–H groups in total. The third-order valence-electron chi connectivity index (χ3n) is 5.00. The number of amides is 1. The van der Waals surface area contributed by atoms with Crippen molar-refractivity contribution in [3.8, 4) is 0 Å². The van der Waals surface area contributed by atoms with Gasteiger partial charge in [0.05, 0.1) is 11.0 Å². The lowest BCUT2D eigenvalue weighted by Crippen LogP contribution is -2.31. The van der Waals surface area contributed by atoms with Gasteiger partial charge in [0.15, 0.2) is 0 Å². The summed E-state index contributed by atoms with van der Waals surface area (Å²) >= 11 is 0. The van der Waals surface area contributed by atoms with Crippen molar-refractivity contribution in [1.82, 2.24) is 14.9 Å². The van der Waals surface area contributed by atoms with Gasteiger partial charge in [-0.1, -0.05) is 72.8 Å². The first-order valence-corrected chi connectivity index (χ1v) is 9.52. The molecule has 1 unspecified atom stereocenters. The first-order chi connectivity index (χ1) is 13.7. The van der Waals surface area contributed by atoms with Crippen molar-refractivity contribution in [2.75, 3.05) is 0 Å². The molecule has 0 saturated heterocycles. The molecule has 4 aromatic rings. The van der Waals surface area contributed by atoms with Crippen LogP contribution in [0.1, 0.15) is 29.4 Å². The number of rotatable bonds is 6. The molecule has 4 heteroatoms. The summed E-state index contributed by atoms with van der Waals surface area (Å²) in [6.07, 6.45) is 1.16. The summed E-state index contributed by atoms with van der Waals surface area (Å²) in [5, 5.41) is 3.20. The Morgan fingerprint density at radius 3 is 2.29 bits per heavy atom. The number of carbonyl (C=O) groups is 1. The van der Waals surface area contributed by atoms with Gasteiger partial charge in [0.2, 0.25) is 5.91 Å². The van der Waals surface area contributed by atoms with Gasteiger partial charge >= 0.3 is 0 Å². The minimum atomic E-state index is -0.290. The summed E-state index contributed by atoms with van der Waals surface area (Å²) < 4.78 is 2.06. The zero-order valence-corrected chi connectivity index (χ0v) is 15.9. The van der Waals surface area contributed by atoms with Crippen LogP contribution in [0.15, 0.2) is 84.9 Å². The van der Waals surface area contributed by atoms with E-state index in [0.717, 1.165) is 34.4 Å². The molecule has 1 heterocycles. The molecular weight excluding hydrogens is 346 g/mol. The van der Waals surface area contributed by atoms with Crippen molar-refractivity contribution in [1.29, 1.82) is 0 Å². The Balaban J connectivity index is 1.61. The number of aromatic nitrogens is 2. The molecule has 1 amide bonds. The van der Waals surface area contributed by atoms with Crippen molar-refractivity contribution in [2.45, 2.75) is 18.9 Å². The summed E-state index contributed by atoms with van der Waals surface area (Å²) in [6, 6.07) is 27.8. The molecule has 0 spiro atoms. The second kappa shape index (κ2) is 8.09. The number of carbonyl (C=O) groups excluding carboxylic acids is 1. The molecule has 0 radical (unpaired) electrons. The van der Waals surface area contributed by atoms with E-state index in [0.29, 0.717) is 6.42 Å². The summed E-state index contributed by atoms with van der Waals surface area (Å²) in [6.45, 7) is 0. The number of hydrogen-bond acceptors (Lipinski definition) is 2. The minimum Gasteiger partial charge on any atom is -0.342 e. The largest absolute Gasteiger partial charge is 0.342 e. The monoisotopic (exact) mass is 369 g/mol. The number of para-hydroxylation sites is 2. The molecule has 4 nitrogen and oxygen atoms in total. The van der Waals surface area contributed by atoms with E-state index >= 15 is 0 Å². The van der Waals surface area contributed by atoms with E-state index in [2.05, 4.69) is 9.88 Å². The van der Waals surface area contributed by atoms with Crippen molar-refractivity contribution < 1.29 is 4.79 Å². The zero-order valence-electron chi connectivity index (χ0n) is 15.9. The van der Waals surface area contributed by atoms with E-state index in [1.54, 1.807) is 0 Å². The van der Waals surface area contributed by atoms with Crippen molar-refractivity contribution >= 4 is 16.9 Å². The van der Waals surface area contributed by atoms with Crippen LogP contribution in [0, 0.1) is 0 Å². The van der Waals surface area contributed by atoms with E-state index in [9.17, 15) is 4.79 Å². The molecule has 140 valence electrons. The summed E-state index contributed by atoms with van der Waals surface area (Å²) in [4.78, 5) is 17.6. The van der Waals surface area contributed by atoms with E-state index in [4.69, 9.17) is 4.98 Å². The number of imidazole rings is 1. The SMILES string of the molecule is Cn1c(C(NC(=O)CCc2ccccc2)c2ccccc2)nc2ccccc21. The first kappa shape index (κ1) is 18.0. The molecule has 4 rings (SSSR count). The molecule has 0 aliphatic carbocycles. The van der Waals surface area contributed by atoms with Gasteiger partial charge in [-0.05, 0) is 29.7 Å². The van der Waals surface area contributed by atoms with Crippen molar-refractivity contribution in [2.24, 2.45) is 7.05 Å². The number of hydrogen-bond donors (Lipinski definition) is 1. The van der Waals surface area contributed by atoms with Crippen LogP contribution in [-0.4, -0.2) is 15.5 Å². The summed E-state index contributed by atoms with van der Waals surface area (Å²) in [5.74, 6) is 0.852. The maximum atomic E-state index is 12.8. The van der Waals surface area contributed by atoms with Crippen molar-refractivity contribution in [3.05, 3.63) is 102 Å². The molecule has 0 aliphatic rings. The maximum absolute atomic E-state index is 12.8. The highest BCUT2D eigenvalue weighted by Crippen LogP contribution is 2.25. The smallest absolute Gasteiger partial charge is 0.221 e. The van der Waals surface area contributed by atoms with E-state index in [-0.39, 0.29) is 11.9 Å². The molecule has 0 aliphatic heterocycles. The topological polar surface area (TPSA) is 46.9 Å². The highest BCUT2D eigenvalue weighted by molar-refractivity contribution is 5.78. The molecule has 0 bridgehead atoms. The fourth-order valence-corrected chi connectivity index (χ4v) is 3.50. The van der Waals surface area contributed by atoms with Gasteiger partial charge < -0.3 is 9.88 Å². The second-order valence-corrected chi connectivity index (χ2v) is 6.91. The molecule has 1 aromatic heterocycles. The number of aryl methyl sites for hydroxylation is 2. The van der Waals surface area contributed by atoms with E-state index < -0.39 is 0 Å². The first-order valence-electron chi connectivity index (χ1n) is 9.52.